The van der Waals surface area contributed by atoms with Crippen molar-refractivity contribution < 1.29 is 23.9 Å². The standard InChI is InChI=1S/C19H24N2O5/c1-3-11-25-15-7-5-14(6-8-15)19(24)21-10-9-20-18(23)16(21)13-17(22)26-12-4-2/h3,5-8,16H,1,4,9-13H2,2H3,(H,20,23)/t16-/m1/s1. The van der Waals surface area contributed by atoms with Crippen LogP contribution < -0.4 is 10.1 Å². The summed E-state index contributed by atoms with van der Waals surface area (Å²) in [5.41, 5.74) is 0.428. The van der Waals surface area contributed by atoms with Gasteiger partial charge >= 0.3 is 5.97 Å². The second-order valence-electron chi connectivity index (χ2n) is 5.85. The average molecular weight is 360 g/mol. The first kappa shape index (κ1) is 19.5. The largest absolute Gasteiger partial charge is 0.490 e. The van der Waals surface area contributed by atoms with Crippen LogP contribution in [0.15, 0.2) is 36.9 Å². The third kappa shape index (κ3) is 5.08. The average Bonchev–Trinajstić information content (AvgIpc) is 2.66. The molecule has 0 aromatic heterocycles. The quantitative estimate of drug-likeness (QED) is 0.561. The molecule has 0 aliphatic carbocycles. The molecule has 7 heteroatoms. The number of hydrogen-bond acceptors (Lipinski definition) is 5. The van der Waals surface area contributed by atoms with Crippen molar-refractivity contribution in [2.75, 3.05) is 26.3 Å². The van der Waals surface area contributed by atoms with Crippen LogP contribution in [0, 0.1) is 0 Å². The van der Waals surface area contributed by atoms with Gasteiger partial charge in [0, 0.05) is 18.7 Å². The van der Waals surface area contributed by atoms with E-state index in [1.165, 1.54) is 4.90 Å². The number of amides is 2. The molecule has 2 rings (SSSR count). The Morgan fingerprint density at radius 3 is 2.73 bits per heavy atom. The van der Waals surface area contributed by atoms with Gasteiger partial charge in [-0.05, 0) is 30.7 Å². The number of nitrogens with zero attached hydrogens (tertiary/aromatic N) is 1. The molecule has 1 atom stereocenters. The number of nitrogens with one attached hydrogen (secondary N) is 1. The van der Waals surface area contributed by atoms with Crippen LogP contribution in [-0.4, -0.2) is 55.0 Å². The Bertz CT molecular complexity index is 656. The van der Waals surface area contributed by atoms with E-state index in [4.69, 9.17) is 9.47 Å². The number of benzene rings is 1. The number of carbonyl (C=O) groups is 3. The molecule has 0 bridgehead atoms. The Kier molecular flexibility index (Phi) is 7.20. The fraction of sp³-hybridized carbons (Fsp3) is 0.421. The van der Waals surface area contributed by atoms with Gasteiger partial charge in [-0.3, -0.25) is 14.4 Å². The van der Waals surface area contributed by atoms with E-state index in [-0.39, 0.29) is 18.2 Å². The minimum atomic E-state index is -0.864. The Morgan fingerprint density at radius 1 is 1.35 bits per heavy atom. The summed E-state index contributed by atoms with van der Waals surface area (Å²) in [7, 11) is 0. The zero-order chi connectivity index (χ0) is 18.9. The van der Waals surface area contributed by atoms with Crippen molar-refractivity contribution in [1.29, 1.82) is 0 Å². The summed E-state index contributed by atoms with van der Waals surface area (Å²) in [6.07, 6.45) is 2.18. The van der Waals surface area contributed by atoms with E-state index in [1.807, 2.05) is 6.92 Å². The van der Waals surface area contributed by atoms with E-state index in [0.29, 0.717) is 44.0 Å². The number of piperazine rings is 1. The molecule has 0 saturated carbocycles. The first-order valence-corrected chi connectivity index (χ1v) is 8.65. The smallest absolute Gasteiger partial charge is 0.308 e. The number of carbonyl (C=O) groups excluding carboxylic acids is 3. The van der Waals surface area contributed by atoms with Crippen molar-refractivity contribution in [2.45, 2.75) is 25.8 Å². The zero-order valence-corrected chi connectivity index (χ0v) is 14.9. The molecule has 1 aliphatic heterocycles. The summed E-state index contributed by atoms with van der Waals surface area (Å²) in [6.45, 7) is 6.83. The minimum Gasteiger partial charge on any atom is -0.490 e. The molecule has 0 unspecified atom stereocenters. The van der Waals surface area contributed by atoms with E-state index in [9.17, 15) is 14.4 Å². The van der Waals surface area contributed by atoms with E-state index in [1.54, 1.807) is 30.3 Å². The van der Waals surface area contributed by atoms with Gasteiger partial charge in [-0.1, -0.05) is 19.6 Å². The third-order valence-corrected chi connectivity index (χ3v) is 3.89. The third-order valence-electron chi connectivity index (χ3n) is 3.89. The van der Waals surface area contributed by atoms with Crippen LogP contribution in [0.4, 0.5) is 0 Å². The number of ether oxygens (including phenoxy) is 2. The van der Waals surface area contributed by atoms with E-state index in [2.05, 4.69) is 11.9 Å². The van der Waals surface area contributed by atoms with Crippen molar-refractivity contribution >= 4 is 17.8 Å². The molecule has 1 heterocycles. The molecule has 1 aromatic carbocycles. The van der Waals surface area contributed by atoms with Crippen LogP contribution in [0.1, 0.15) is 30.1 Å². The maximum absolute atomic E-state index is 12.8. The van der Waals surface area contributed by atoms with Crippen molar-refractivity contribution in [3.05, 3.63) is 42.5 Å². The predicted octanol–water partition coefficient (Wildman–Crippen LogP) is 1.54. The maximum Gasteiger partial charge on any atom is 0.308 e. The lowest BCUT2D eigenvalue weighted by molar-refractivity contribution is -0.147. The van der Waals surface area contributed by atoms with Gasteiger partial charge < -0.3 is 19.7 Å². The molecule has 1 saturated heterocycles. The van der Waals surface area contributed by atoms with Gasteiger partial charge in [-0.2, -0.15) is 0 Å². The highest BCUT2D eigenvalue weighted by Crippen LogP contribution is 2.18. The van der Waals surface area contributed by atoms with E-state index in [0.717, 1.165) is 0 Å². The van der Waals surface area contributed by atoms with Crippen LogP contribution >= 0.6 is 0 Å². The van der Waals surface area contributed by atoms with Crippen molar-refractivity contribution in [2.24, 2.45) is 0 Å². The van der Waals surface area contributed by atoms with Gasteiger partial charge in [-0.25, -0.2) is 0 Å². The molecule has 140 valence electrons. The highest BCUT2D eigenvalue weighted by Gasteiger charge is 2.35. The Labute approximate surface area is 153 Å². The van der Waals surface area contributed by atoms with Crippen LogP contribution in [0.5, 0.6) is 5.75 Å². The lowest BCUT2D eigenvalue weighted by Crippen LogP contribution is -2.57. The van der Waals surface area contributed by atoms with Crippen molar-refractivity contribution in [3.63, 3.8) is 0 Å². The maximum atomic E-state index is 12.8. The molecule has 2 amide bonds. The van der Waals surface area contributed by atoms with Gasteiger partial charge in [0.05, 0.1) is 13.0 Å². The fourth-order valence-corrected chi connectivity index (χ4v) is 2.61. The number of rotatable bonds is 8. The highest BCUT2D eigenvalue weighted by molar-refractivity contribution is 5.99. The first-order chi connectivity index (χ1) is 12.6. The molecular formula is C19H24N2O5. The number of esters is 1. The molecule has 26 heavy (non-hydrogen) atoms. The number of hydrogen-bond donors (Lipinski definition) is 1. The normalized spacial score (nSPS) is 16.6. The van der Waals surface area contributed by atoms with Crippen LogP contribution in [0.2, 0.25) is 0 Å². The fourth-order valence-electron chi connectivity index (χ4n) is 2.61. The molecule has 7 nitrogen and oxygen atoms in total. The Hall–Kier alpha value is -2.83. The van der Waals surface area contributed by atoms with Crippen LogP contribution in [-0.2, 0) is 14.3 Å². The minimum absolute atomic E-state index is 0.155. The Balaban J connectivity index is 2.09. The lowest BCUT2D eigenvalue weighted by atomic mass is 10.1. The van der Waals surface area contributed by atoms with Gasteiger partial charge in [-0.15, -0.1) is 0 Å². The second kappa shape index (κ2) is 9.60. The summed E-state index contributed by atoms with van der Waals surface area (Å²) in [6, 6.07) is 5.79. The molecule has 1 aromatic rings. The summed E-state index contributed by atoms with van der Waals surface area (Å²) in [5.74, 6) is -0.509. The van der Waals surface area contributed by atoms with Crippen molar-refractivity contribution in [3.8, 4) is 5.75 Å². The van der Waals surface area contributed by atoms with Gasteiger partial charge in [0.25, 0.3) is 5.91 Å². The molecule has 1 fully saturated rings. The highest BCUT2D eigenvalue weighted by atomic mass is 16.5. The van der Waals surface area contributed by atoms with Crippen molar-refractivity contribution in [1.82, 2.24) is 10.2 Å². The van der Waals surface area contributed by atoms with Crippen LogP contribution in [0.25, 0.3) is 0 Å². The Morgan fingerprint density at radius 2 is 2.08 bits per heavy atom. The molecular weight excluding hydrogens is 336 g/mol. The molecule has 1 N–H and O–H groups in total. The lowest BCUT2D eigenvalue weighted by Gasteiger charge is -2.34. The second-order valence-corrected chi connectivity index (χ2v) is 5.85. The van der Waals surface area contributed by atoms with Gasteiger partial charge in [0.2, 0.25) is 5.91 Å². The SMILES string of the molecule is C=CCOc1ccc(C(=O)N2CCNC(=O)[C@H]2CC(=O)OCCC)cc1. The van der Waals surface area contributed by atoms with E-state index < -0.39 is 12.0 Å². The summed E-state index contributed by atoms with van der Waals surface area (Å²) < 4.78 is 10.4. The van der Waals surface area contributed by atoms with Gasteiger partial charge in [0.1, 0.15) is 18.4 Å². The zero-order valence-electron chi connectivity index (χ0n) is 14.9. The summed E-state index contributed by atoms with van der Waals surface area (Å²) in [4.78, 5) is 38.3. The monoisotopic (exact) mass is 360 g/mol. The first-order valence-electron chi connectivity index (χ1n) is 8.65. The molecule has 1 aliphatic rings. The molecule has 0 spiro atoms. The van der Waals surface area contributed by atoms with Gasteiger partial charge in [0.15, 0.2) is 0 Å². The molecule has 0 radical (unpaired) electrons. The van der Waals surface area contributed by atoms with Crippen LogP contribution in [0.3, 0.4) is 0 Å². The van der Waals surface area contributed by atoms with E-state index >= 15 is 0 Å². The predicted molar refractivity (Wildman–Crippen MR) is 95.8 cm³/mol. The topological polar surface area (TPSA) is 84.9 Å². The summed E-state index contributed by atoms with van der Waals surface area (Å²) >= 11 is 0. The summed E-state index contributed by atoms with van der Waals surface area (Å²) in [5, 5.41) is 2.69.